The standard InChI is InChI=1S/C30H31N3O3/c1-4-5-9-21-36-29-25(11-10-12-27(29)35-3)17-18-26-28(24-15-13-23(22-31)14-16-24)30(34)33(2)20-8-6-7-19-32-26/h6-8,10-20H,4-5,9,21H2,1-3H3/b7-6?,18-17+,20-8?,28-26?,32-19?. The molecule has 184 valence electrons. The van der Waals surface area contributed by atoms with E-state index in [9.17, 15) is 10.1 Å². The van der Waals surface area contributed by atoms with Crippen LogP contribution in [0.3, 0.4) is 0 Å². The van der Waals surface area contributed by atoms with Crippen LogP contribution < -0.4 is 15.0 Å². The quantitative estimate of drug-likeness (QED) is 0.341. The Hall–Kier alpha value is -4.37. The van der Waals surface area contributed by atoms with Crippen molar-refractivity contribution in [3.63, 3.8) is 0 Å². The number of methoxy groups -OCH3 is 1. The molecule has 2 aromatic carbocycles. The number of hydrogen-bond donors (Lipinski definition) is 0. The summed E-state index contributed by atoms with van der Waals surface area (Å²) in [6.07, 6.45) is 10.2. The van der Waals surface area contributed by atoms with Gasteiger partial charge in [-0.15, -0.1) is 0 Å². The molecule has 0 bridgehead atoms. The first kappa shape index (κ1) is 26.2. The van der Waals surface area contributed by atoms with Crippen LogP contribution in [0.1, 0.15) is 43.0 Å². The van der Waals surface area contributed by atoms with Gasteiger partial charge in [-0.2, -0.15) is 5.26 Å². The van der Waals surface area contributed by atoms with Crippen molar-refractivity contribution in [2.75, 3.05) is 13.7 Å². The van der Waals surface area contributed by atoms with E-state index < -0.39 is 0 Å². The maximum Gasteiger partial charge on any atom is 0.260 e. The van der Waals surface area contributed by atoms with E-state index in [0.29, 0.717) is 40.5 Å². The van der Waals surface area contributed by atoms with Crippen LogP contribution in [0.4, 0.5) is 0 Å². The molecule has 3 rings (SSSR count). The molecule has 0 atom stereocenters. The molecule has 0 aliphatic rings. The van der Waals surface area contributed by atoms with Gasteiger partial charge in [0, 0.05) is 25.0 Å². The van der Waals surface area contributed by atoms with Crippen molar-refractivity contribution in [2.24, 2.45) is 7.05 Å². The second-order valence-corrected chi connectivity index (χ2v) is 8.14. The van der Waals surface area contributed by atoms with E-state index in [0.717, 1.165) is 24.8 Å². The van der Waals surface area contributed by atoms with Crippen molar-refractivity contribution in [3.05, 3.63) is 100 Å². The molecule has 6 heteroatoms. The number of para-hydroxylation sites is 1. The first-order valence-corrected chi connectivity index (χ1v) is 12.0. The minimum absolute atomic E-state index is 0.218. The molecule has 1 aromatic heterocycles. The molecule has 0 saturated carbocycles. The van der Waals surface area contributed by atoms with Crippen molar-refractivity contribution >= 4 is 12.2 Å². The van der Waals surface area contributed by atoms with Crippen LogP contribution >= 0.6 is 0 Å². The number of aryl methyl sites for hydroxylation is 1. The molecular weight excluding hydrogens is 450 g/mol. The van der Waals surface area contributed by atoms with E-state index in [1.807, 2.05) is 36.4 Å². The zero-order valence-electron chi connectivity index (χ0n) is 21.0. The second kappa shape index (κ2) is 13.5. The number of ether oxygens (including phenoxy) is 2. The van der Waals surface area contributed by atoms with Crippen molar-refractivity contribution in [3.8, 4) is 28.7 Å². The Morgan fingerprint density at radius 2 is 1.83 bits per heavy atom. The highest BCUT2D eigenvalue weighted by Gasteiger charge is 2.12. The highest BCUT2D eigenvalue weighted by atomic mass is 16.5. The first-order chi connectivity index (χ1) is 17.6. The van der Waals surface area contributed by atoms with Gasteiger partial charge >= 0.3 is 0 Å². The van der Waals surface area contributed by atoms with Gasteiger partial charge in [-0.1, -0.05) is 50.1 Å². The van der Waals surface area contributed by atoms with Gasteiger partial charge < -0.3 is 14.0 Å². The summed E-state index contributed by atoms with van der Waals surface area (Å²) < 4.78 is 13.2. The molecule has 0 fully saturated rings. The molecular formula is C30H31N3O3. The van der Waals surface area contributed by atoms with E-state index >= 15 is 0 Å². The number of hydrogen-bond acceptors (Lipinski definition) is 5. The average Bonchev–Trinajstić information content (AvgIpc) is 2.91. The highest BCUT2D eigenvalue weighted by molar-refractivity contribution is 5.80. The maximum atomic E-state index is 13.5. The number of rotatable bonds is 9. The predicted molar refractivity (Wildman–Crippen MR) is 144 cm³/mol. The molecule has 3 aromatic rings. The van der Waals surface area contributed by atoms with E-state index in [-0.39, 0.29) is 5.56 Å². The van der Waals surface area contributed by atoms with Gasteiger partial charge in [0.05, 0.1) is 36.6 Å². The van der Waals surface area contributed by atoms with Crippen LogP contribution in [-0.2, 0) is 7.05 Å². The summed E-state index contributed by atoms with van der Waals surface area (Å²) in [4.78, 5) is 18.1. The summed E-state index contributed by atoms with van der Waals surface area (Å²) >= 11 is 0. The largest absolute Gasteiger partial charge is 0.493 e. The molecule has 0 unspecified atom stereocenters. The lowest BCUT2D eigenvalue weighted by molar-refractivity contribution is 0.285. The molecule has 0 radical (unpaired) electrons. The fourth-order valence-electron chi connectivity index (χ4n) is 3.62. The number of benzene rings is 2. The van der Waals surface area contributed by atoms with Crippen LogP contribution in [0.5, 0.6) is 11.5 Å². The summed E-state index contributed by atoms with van der Waals surface area (Å²) in [5, 5.41) is 9.20. The van der Waals surface area contributed by atoms with Crippen molar-refractivity contribution in [2.45, 2.75) is 26.2 Å². The van der Waals surface area contributed by atoms with E-state index in [1.54, 1.807) is 62.9 Å². The normalized spacial score (nSPS) is 10.5. The molecule has 36 heavy (non-hydrogen) atoms. The monoisotopic (exact) mass is 481 g/mol. The third kappa shape index (κ3) is 6.83. The van der Waals surface area contributed by atoms with E-state index in [2.05, 4.69) is 18.0 Å². The molecule has 6 nitrogen and oxygen atoms in total. The topological polar surface area (TPSA) is 77.1 Å². The number of unbranched alkanes of at least 4 members (excludes halogenated alkanes) is 2. The van der Waals surface area contributed by atoms with Crippen LogP contribution in [0.25, 0.3) is 23.3 Å². The average molecular weight is 482 g/mol. The Morgan fingerprint density at radius 1 is 1.03 bits per heavy atom. The van der Waals surface area contributed by atoms with Gasteiger partial charge in [-0.05, 0) is 54.5 Å². The van der Waals surface area contributed by atoms with Crippen molar-refractivity contribution in [1.82, 2.24) is 9.55 Å². The lowest BCUT2D eigenvalue weighted by Crippen LogP contribution is -2.17. The van der Waals surface area contributed by atoms with Gasteiger partial charge in [-0.3, -0.25) is 9.78 Å². The van der Waals surface area contributed by atoms with Gasteiger partial charge in [-0.25, -0.2) is 0 Å². The number of nitriles is 1. The zero-order chi connectivity index (χ0) is 25.8. The fraction of sp³-hybridized carbons (Fsp3) is 0.233. The molecule has 0 spiro atoms. The summed E-state index contributed by atoms with van der Waals surface area (Å²) in [6, 6.07) is 20.1. The van der Waals surface area contributed by atoms with Crippen LogP contribution in [-0.4, -0.2) is 23.3 Å². The summed E-state index contributed by atoms with van der Waals surface area (Å²) in [5.74, 6) is 1.30. The second-order valence-electron chi connectivity index (χ2n) is 8.14. The van der Waals surface area contributed by atoms with Gasteiger partial charge in [0.15, 0.2) is 11.5 Å². The van der Waals surface area contributed by atoms with E-state index in [4.69, 9.17) is 9.47 Å². The Morgan fingerprint density at radius 3 is 2.56 bits per heavy atom. The molecule has 0 N–H and O–H groups in total. The number of nitrogens with zero attached hydrogens (tertiary/aromatic N) is 3. The Balaban J connectivity index is 2.18. The van der Waals surface area contributed by atoms with Crippen LogP contribution in [0.2, 0.25) is 0 Å². The maximum absolute atomic E-state index is 13.5. The Kier molecular flexibility index (Phi) is 9.84. The SMILES string of the molecule is CCCCCOc1c(/C=C/c2ncccccn(C)c(=O)c2-c2ccc(C#N)cc2)cccc1OC. The summed E-state index contributed by atoms with van der Waals surface area (Å²) in [5.41, 5.74) is 2.69. The van der Waals surface area contributed by atoms with Gasteiger partial charge in [0.2, 0.25) is 0 Å². The Labute approximate surface area is 212 Å². The van der Waals surface area contributed by atoms with Crippen LogP contribution in [0.15, 0.2) is 77.9 Å². The third-order valence-corrected chi connectivity index (χ3v) is 5.57. The van der Waals surface area contributed by atoms with Crippen LogP contribution in [0, 0.1) is 11.3 Å². The first-order valence-electron chi connectivity index (χ1n) is 12.0. The molecule has 0 amide bonds. The zero-order valence-corrected chi connectivity index (χ0v) is 21.0. The molecule has 0 aliphatic heterocycles. The minimum atomic E-state index is -0.218. The fourth-order valence-corrected chi connectivity index (χ4v) is 3.62. The highest BCUT2D eigenvalue weighted by Crippen LogP contribution is 2.33. The lowest BCUT2D eigenvalue weighted by atomic mass is 10.0. The number of aromatic nitrogens is 2. The third-order valence-electron chi connectivity index (χ3n) is 5.57. The van der Waals surface area contributed by atoms with Crippen molar-refractivity contribution in [1.29, 1.82) is 5.26 Å². The summed E-state index contributed by atoms with van der Waals surface area (Å²) in [6.45, 7) is 2.74. The van der Waals surface area contributed by atoms with Gasteiger partial charge in [0.1, 0.15) is 0 Å². The minimum Gasteiger partial charge on any atom is -0.493 e. The van der Waals surface area contributed by atoms with Crippen molar-refractivity contribution < 1.29 is 9.47 Å². The molecule has 1 heterocycles. The smallest absolute Gasteiger partial charge is 0.260 e. The van der Waals surface area contributed by atoms with E-state index in [1.165, 1.54) is 4.57 Å². The molecule has 0 aliphatic carbocycles. The summed E-state index contributed by atoms with van der Waals surface area (Å²) in [7, 11) is 3.32. The Bertz CT molecular complexity index is 1350. The lowest BCUT2D eigenvalue weighted by Gasteiger charge is -2.13. The molecule has 0 saturated heterocycles. The predicted octanol–water partition coefficient (Wildman–Crippen LogP) is 6.19. The van der Waals surface area contributed by atoms with Gasteiger partial charge in [0.25, 0.3) is 5.56 Å².